The second-order valence-electron chi connectivity index (χ2n) is 6.55. The number of thiazole rings is 1. The van der Waals surface area contributed by atoms with Crippen LogP contribution in [0.4, 0.5) is 5.13 Å². The van der Waals surface area contributed by atoms with Crippen molar-refractivity contribution in [1.82, 2.24) is 15.0 Å². The molecule has 1 amide bonds. The van der Waals surface area contributed by atoms with Gasteiger partial charge in [-0.3, -0.25) is 14.9 Å². The predicted octanol–water partition coefficient (Wildman–Crippen LogP) is 3.56. The molecule has 0 saturated carbocycles. The van der Waals surface area contributed by atoms with Gasteiger partial charge in [0.1, 0.15) is 12.0 Å². The summed E-state index contributed by atoms with van der Waals surface area (Å²) in [4.78, 5) is 38.1. The van der Waals surface area contributed by atoms with Crippen molar-refractivity contribution >= 4 is 49.7 Å². The summed E-state index contributed by atoms with van der Waals surface area (Å²) in [7, 11) is 0. The molecule has 4 rings (SSSR count). The Balaban J connectivity index is 1.64. The molecule has 0 atom stereocenters. The number of rotatable bonds is 2. The second-order valence-corrected chi connectivity index (χ2v) is 8.46. The highest BCUT2D eigenvalue weighted by Gasteiger charge is 2.34. The number of amides is 1. The number of anilines is 1. The molecule has 24 heavy (non-hydrogen) atoms. The molecule has 0 spiro atoms. The molecule has 1 aliphatic carbocycles. The van der Waals surface area contributed by atoms with Crippen molar-refractivity contribution in [2.45, 2.75) is 26.7 Å². The van der Waals surface area contributed by atoms with Crippen LogP contribution in [0.1, 0.15) is 46.1 Å². The number of aromatic nitrogens is 3. The summed E-state index contributed by atoms with van der Waals surface area (Å²) in [5.41, 5.74) is 1.76. The summed E-state index contributed by atoms with van der Waals surface area (Å²) in [6.07, 6.45) is 2.63. The summed E-state index contributed by atoms with van der Waals surface area (Å²) in [6.45, 7) is 4.11. The number of carbonyl (C=O) groups excluding carboxylic acids is 2. The maximum absolute atomic E-state index is 12.5. The van der Waals surface area contributed by atoms with Crippen LogP contribution in [0.2, 0.25) is 0 Å². The van der Waals surface area contributed by atoms with E-state index in [1.54, 1.807) is 0 Å². The minimum absolute atomic E-state index is 0.0881. The van der Waals surface area contributed by atoms with E-state index in [0.29, 0.717) is 22.1 Å². The molecular weight excluding hydrogens is 344 g/mol. The zero-order chi connectivity index (χ0) is 16.9. The molecule has 0 saturated heterocycles. The number of nitrogens with one attached hydrogen (secondary N) is 1. The number of carbonyl (C=O) groups is 2. The van der Waals surface area contributed by atoms with Gasteiger partial charge in [-0.05, 0) is 23.3 Å². The summed E-state index contributed by atoms with van der Waals surface area (Å²) in [6, 6.07) is 1.85. The summed E-state index contributed by atoms with van der Waals surface area (Å²) in [5.74, 6) is -0.232. The van der Waals surface area contributed by atoms with Crippen LogP contribution in [-0.4, -0.2) is 26.6 Å². The normalized spacial score (nSPS) is 16.2. The van der Waals surface area contributed by atoms with Crippen LogP contribution in [0.5, 0.6) is 0 Å². The van der Waals surface area contributed by atoms with E-state index in [2.05, 4.69) is 34.1 Å². The molecule has 0 aliphatic heterocycles. The number of Topliss-reactive ketones (excluding diaryl/α,β-unsaturated/α-hetero) is 1. The highest BCUT2D eigenvalue weighted by Crippen LogP contribution is 2.38. The van der Waals surface area contributed by atoms with Gasteiger partial charge in [0.2, 0.25) is 0 Å². The van der Waals surface area contributed by atoms with Gasteiger partial charge in [-0.15, -0.1) is 11.3 Å². The third kappa shape index (κ3) is 2.61. The summed E-state index contributed by atoms with van der Waals surface area (Å²) < 4.78 is 0.744. The lowest BCUT2D eigenvalue weighted by molar-refractivity contribution is 0.0915. The van der Waals surface area contributed by atoms with Crippen LogP contribution in [0.25, 0.3) is 10.2 Å². The molecular formula is C16H14N4O2S2. The van der Waals surface area contributed by atoms with Crippen LogP contribution < -0.4 is 5.32 Å². The van der Waals surface area contributed by atoms with Crippen LogP contribution in [0, 0.1) is 5.41 Å². The molecule has 3 aromatic rings. The average Bonchev–Trinajstić information content (AvgIpc) is 3.11. The third-order valence-corrected chi connectivity index (χ3v) is 5.88. The zero-order valence-electron chi connectivity index (χ0n) is 13.1. The molecule has 0 unspecified atom stereocenters. The number of ketones is 1. The molecule has 3 aromatic heterocycles. The van der Waals surface area contributed by atoms with E-state index in [-0.39, 0.29) is 17.1 Å². The average molecular weight is 358 g/mol. The van der Waals surface area contributed by atoms with Crippen LogP contribution >= 0.6 is 22.7 Å². The van der Waals surface area contributed by atoms with Crippen molar-refractivity contribution < 1.29 is 9.59 Å². The fourth-order valence-electron chi connectivity index (χ4n) is 2.88. The van der Waals surface area contributed by atoms with Gasteiger partial charge in [-0.25, -0.2) is 15.0 Å². The zero-order valence-corrected chi connectivity index (χ0v) is 14.8. The molecule has 0 aromatic carbocycles. The third-order valence-electron chi connectivity index (χ3n) is 3.91. The summed E-state index contributed by atoms with van der Waals surface area (Å²) in [5, 5.41) is 5.10. The van der Waals surface area contributed by atoms with Gasteiger partial charge in [-0.1, -0.05) is 25.2 Å². The smallest absolute Gasteiger partial charge is 0.277 e. The van der Waals surface area contributed by atoms with Crippen molar-refractivity contribution in [2.24, 2.45) is 5.41 Å². The SMILES string of the molecule is CC1(C)CC(=O)c2sc(NC(=O)c3ncnc4ccsc34)nc2C1. The highest BCUT2D eigenvalue weighted by molar-refractivity contribution is 7.18. The molecule has 0 bridgehead atoms. The Morgan fingerprint density at radius 1 is 1.29 bits per heavy atom. The van der Waals surface area contributed by atoms with Crippen molar-refractivity contribution in [3.8, 4) is 0 Å². The van der Waals surface area contributed by atoms with E-state index in [9.17, 15) is 9.59 Å². The van der Waals surface area contributed by atoms with E-state index in [1.807, 2.05) is 11.4 Å². The van der Waals surface area contributed by atoms with Crippen LogP contribution in [0.15, 0.2) is 17.8 Å². The van der Waals surface area contributed by atoms with Crippen molar-refractivity contribution in [2.75, 3.05) is 5.32 Å². The first-order valence-corrected chi connectivity index (χ1v) is 9.15. The predicted molar refractivity (Wildman–Crippen MR) is 93.9 cm³/mol. The molecule has 0 radical (unpaired) electrons. The number of thiophene rings is 1. The first-order valence-electron chi connectivity index (χ1n) is 7.45. The topological polar surface area (TPSA) is 84.8 Å². The highest BCUT2D eigenvalue weighted by atomic mass is 32.1. The molecule has 8 heteroatoms. The van der Waals surface area contributed by atoms with Gasteiger partial charge in [0, 0.05) is 6.42 Å². The van der Waals surface area contributed by atoms with E-state index in [0.717, 1.165) is 22.3 Å². The Bertz CT molecular complexity index is 974. The van der Waals surface area contributed by atoms with Gasteiger partial charge in [0.25, 0.3) is 5.91 Å². The summed E-state index contributed by atoms with van der Waals surface area (Å²) >= 11 is 2.67. The van der Waals surface area contributed by atoms with Gasteiger partial charge in [0.05, 0.1) is 20.8 Å². The fraction of sp³-hybridized carbons (Fsp3) is 0.312. The maximum Gasteiger partial charge on any atom is 0.277 e. The van der Waals surface area contributed by atoms with Gasteiger partial charge in [-0.2, -0.15) is 0 Å². The standard InChI is InChI=1S/C16H14N4O2S2/c1-16(2)5-9-12(10(21)6-16)24-15(19-9)20-14(22)11-13-8(3-4-23-13)17-7-18-11/h3-4,7H,5-6H2,1-2H3,(H,19,20,22). The van der Waals surface area contributed by atoms with Crippen molar-refractivity contribution in [3.63, 3.8) is 0 Å². The lowest BCUT2D eigenvalue weighted by atomic mass is 9.78. The van der Waals surface area contributed by atoms with Gasteiger partial charge >= 0.3 is 0 Å². The quantitative estimate of drug-likeness (QED) is 0.757. The Hall–Kier alpha value is -2.19. The van der Waals surface area contributed by atoms with Crippen LogP contribution in [0.3, 0.4) is 0 Å². The minimum Gasteiger partial charge on any atom is -0.296 e. The van der Waals surface area contributed by atoms with E-state index in [1.165, 1.54) is 29.0 Å². The molecule has 1 N–H and O–H groups in total. The van der Waals surface area contributed by atoms with Gasteiger partial charge < -0.3 is 0 Å². The lowest BCUT2D eigenvalue weighted by Gasteiger charge is -2.26. The van der Waals surface area contributed by atoms with E-state index >= 15 is 0 Å². The van der Waals surface area contributed by atoms with E-state index < -0.39 is 0 Å². The molecule has 1 aliphatic rings. The number of hydrogen-bond acceptors (Lipinski definition) is 7. The molecule has 3 heterocycles. The van der Waals surface area contributed by atoms with Gasteiger partial charge in [0.15, 0.2) is 10.9 Å². The molecule has 6 nitrogen and oxygen atoms in total. The Labute approximate surface area is 146 Å². The van der Waals surface area contributed by atoms with E-state index in [4.69, 9.17) is 0 Å². The Morgan fingerprint density at radius 3 is 2.96 bits per heavy atom. The first kappa shape index (κ1) is 15.3. The second kappa shape index (κ2) is 5.42. The number of fused-ring (bicyclic) bond motifs is 2. The molecule has 0 fully saturated rings. The van der Waals surface area contributed by atoms with Crippen molar-refractivity contribution in [3.05, 3.63) is 34.0 Å². The van der Waals surface area contributed by atoms with Crippen molar-refractivity contribution in [1.29, 1.82) is 0 Å². The largest absolute Gasteiger partial charge is 0.296 e. The maximum atomic E-state index is 12.5. The first-order chi connectivity index (χ1) is 11.4. The fourth-order valence-corrected chi connectivity index (χ4v) is 4.63. The lowest BCUT2D eigenvalue weighted by Crippen LogP contribution is -2.26. The Kier molecular flexibility index (Phi) is 3.47. The Morgan fingerprint density at radius 2 is 2.12 bits per heavy atom. The van der Waals surface area contributed by atoms with Crippen LogP contribution in [-0.2, 0) is 6.42 Å². The number of hydrogen-bond donors (Lipinski definition) is 1. The minimum atomic E-state index is -0.331. The molecule has 122 valence electrons. The number of nitrogens with zero attached hydrogens (tertiary/aromatic N) is 3. The monoisotopic (exact) mass is 358 g/mol.